The third-order valence-corrected chi connectivity index (χ3v) is 4.42. The molecule has 0 N–H and O–H groups in total. The summed E-state index contributed by atoms with van der Waals surface area (Å²) >= 11 is 0. The van der Waals surface area contributed by atoms with Crippen molar-refractivity contribution in [3.8, 4) is 5.82 Å². The van der Waals surface area contributed by atoms with Crippen molar-refractivity contribution in [2.45, 2.75) is 25.7 Å². The number of pyridine rings is 1. The summed E-state index contributed by atoms with van der Waals surface area (Å²) in [6.45, 7) is 3.77. The van der Waals surface area contributed by atoms with E-state index in [9.17, 15) is 0 Å². The fourth-order valence-electron chi connectivity index (χ4n) is 3.17. The average molecular weight is 293 g/mol. The molecule has 0 saturated carbocycles. The van der Waals surface area contributed by atoms with E-state index in [0.717, 1.165) is 30.8 Å². The van der Waals surface area contributed by atoms with Crippen molar-refractivity contribution in [3.63, 3.8) is 0 Å². The Balaban J connectivity index is 1.76. The van der Waals surface area contributed by atoms with E-state index >= 15 is 0 Å². The number of fused-ring (bicyclic) bond motifs is 1. The van der Waals surface area contributed by atoms with Crippen LogP contribution in [0.25, 0.3) is 16.6 Å². The molecule has 1 saturated heterocycles. The number of aromatic nitrogens is 3. The first-order chi connectivity index (χ1) is 10.8. The van der Waals surface area contributed by atoms with Crippen LogP contribution in [0.5, 0.6) is 0 Å². The summed E-state index contributed by atoms with van der Waals surface area (Å²) in [5, 5.41) is 6.90. The summed E-state index contributed by atoms with van der Waals surface area (Å²) in [7, 11) is 0. The topological polar surface area (TPSA) is 39.9 Å². The molecule has 1 aliphatic rings. The maximum Gasteiger partial charge on any atom is 0.161 e. The van der Waals surface area contributed by atoms with Crippen LogP contribution in [0.2, 0.25) is 0 Å². The van der Waals surface area contributed by atoms with Gasteiger partial charge in [-0.3, -0.25) is 0 Å². The number of nitrogens with zero attached hydrogens (tertiary/aromatic N) is 3. The molecule has 1 unspecified atom stereocenters. The molecule has 1 aromatic carbocycles. The zero-order chi connectivity index (χ0) is 14.9. The molecule has 1 atom stereocenters. The third-order valence-electron chi connectivity index (χ3n) is 4.42. The quantitative estimate of drug-likeness (QED) is 0.724. The SMILES string of the molecule is Cc1cnc(-n2cc(C3CCCOC3)cn2)c2ccccc12. The first-order valence-electron chi connectivity index (χ1n) is 7.80. The minimum Gasteiger partial charge on any atom is -0.381 e. The van der Waals surface area contributed by atoms with Crippen LogP contribution in [0, 0.1) is 6.92 Å². The van der Waals surface area contributed by atoms with Crippen LogP contribution in [0.15, 0.2) is 42.9 Å². The molecule has 4 rings (SSSR count). The molecule has 3 heterocycles. The van der Waals surface area contributed by atoms with Gasteiger partial charge < -0.3 is 4.74 Å². The largest absolute Gasteiger partial charge is 0.381 e. The van der Waals surface area contributed by atoms with Crippen LogP contribution in [0.3, 0.4) is 0 Å². The Kier molecular flexibility index (Phi) is 3.39. The van der Waals surface area contributed by atoms with Gasteiger partial charge in [-0.1, -0.05) is 24.3 Å². The number of hydrogen-bond acceptors (Lipinski definition) is 3. The van der Waals surface area contributed by atoms with Crippen molar-refractivity contribution in [1.82, 2.24) is 14.8 Å². The Morgan fingerprint density at radius 3 is 2.86 bits per heavy atom. The summed E-state index contributed by atoms with van der Waals surface area (Å²) in [6.07, 6.45) is 8.27. The highest BCUT2D eigenvalue weighted by atomic mass is 16.5. The lowest BCUT2D eigenvalue weighted by Crippen LogP contribution is -2.14. The smallest absolute Gasteiger partial charge is 0.161 e. The van der Waals surface area contributed by atoms with Gasteiger partial charge in [0.15, 0.2) is 5.82 Å². The molecule has 0 spiro atoms. The van der Waals surface area contributed by atoms with E-state index in [1.165, 1.54) is 22.9 Å². The summed E-state index contributed by atoms with van der Waals surface area (Å²) in [4.78, 5) is 4.60. The van der Waals surface area contributed by atoms with Gasteiger partial charge in [0.2, 0.25) is 0 Å². The number of rotatable bonds is 2. The number of aryl methyl sites for hydroxylation is 1. The molecular weight excluding hydrogens is 274 g/mol. The molecular formula is C18H19N3O. The van der Waals surface area contributed by atoms with Crippen LogP contribution in [-0.4, -0.2) is 28.0 Å². The standard InChI is InChI=1S/C18H19N3O/c1-13-9-19-18(17-7-3-2-6-16(13)17)21-11-15(10-20-21)14-5-4-8-22-12-14/h2-3,6-7,9-11,14H,4-5,8,12H2,1H3. The Morgan fingerprint density at radius 1 is 1.18 bits per heavy atom. The Morgan fingerprint density at radius 2 is 2.05 bits per heavy atom. The van der Waals surface area contributed by atoms with Crippen LogP contribution in [0.4, 0.5) is 0 Å². The van der Waals surface area contributed by atoms with Gasteiger partial charge >= 0.3 is 0 Å². The van der Waals surface area contributed by atoms with Gasteiger partial charge in [-0.2, -0.15) is 5.10 Å². The monoisotopic (exact) mass is 293 g/mol. The fourth-order valence-corrected chi connectivity index (χ4v) is 3.17. The Labute approximate surface area is 129 Å². The second kappa shape index (κ2) is 5.54. The van der Waals surface area contributed by atoms with Gasteiger partial charge in [-0.15, -0.1) is 0 Å². The first kappa shape index (κ1) is 13.5. The van der Waals surface area contributed by atoms with Crippen LogP contribution in [0.1, 0.15) is 29.9 Å². The molecule has 0 amide bonds. The van der Waals surface area contributed by atoms with Crippen molar-refractivity contribution in [1.29, 1.82) is 0 Å². The van der Waals surface area contributed by atoms with Gasteiger partial charge in [-0.05, 0) is 36.3 Å². The van der Waals surface area contributed by atoms with Gasteiger partial charge in [0.25, 0.3) is 0 Å². The van der Waals surface area contributed by atoms with E-state index in [-0.39, 0.29) is 0 Å². The van der Waals surface area contributed by atoms with Crippen molar-refractivity contribution in [3.05, 3.63) is 54.0 Å². The highest BCUT2D eigenvalue weighted by molar-refractivity contribution is 5.90. The number of benzene rings is 1. The van der Waals surface area contributed by atoms with Crippen molar-refractivity contribution >= 4 is 10.8 Å². The third kappa shape index (κ3) is 2.29. The lowest BCUT2D eigenvalue weighted by molar-refractivity contribution is 0.0804. The van der Waals surface area contributed by atoms with Crippen LogP contribution >= 0.6 is 0 Å². The van der Waals surface area contributed by atoms with Gasteiger partial charge in [-0.25, -0.2) is 9.67 Å². The number of ether oxygens (including phenoxy) is 1. The van der Waals surface area contributed by atoms with Crippen molar-refractivity contribution in [2.24, 2.45) is 0 Å². The highest BCUT2D eigenvalue weighted by Gasteiger charge is 2.18. The summed E-state index contributed by atoms with van der Waals surface area (Å²) in [5.74, 6) is 1.35. The van der Waals surface area contributed by atoms with E-state index in [1.54, 1.807) is 0 Å². The predicted octanol–water partition coefficient (Wildman–Crippen LogP) is 3.62. The summed E-state index contributed by atoms with van der Waals surface area (Å²) in [6, 6.07) is 8.35. The van der Waals surface area contributed by atoms with Gasteiger partial charge in [0.05, 0.1) is 12.8 Å². The average Bonchev–Trinajstić information content (AvgIpc) is 3.06. The normalized spacial score (nSPS) is 18.7. The fraction of sp³-hybridized carbons (Fsp3) is 0.333. The maximum atomic E-state index is 5.58. The van der Waals surface area contributed by atoms with E-state index < -0.39 is 0 Å². The maximum absolute atomic E-state index is 5.58. The Bertz CT molecular complexity index is 803. The summed E-state index contributed by atoms with van der Waals surface area (Å²) in [5.41, 5.74) is 2.43. The molecule has 0 aliphatic carbocycles. The lowest BCUT2D eigenvalue weighted by atomic mass is 9.96. The van der Waals surface area contributed by atoms with E-state index in [4.69, 9.17) is 4.74 Å². The van der Waals surface area contributed by atoms with Crippen molar-refractivity contribution in [2.75, 3.05) is 13.2 Å². The summed E-state index contributed by atoms with van der Waals surface area (Å²) < 4.78 is 7.48. The van der Waals surface area contributed by atoms with Gasteiger partial charge in [0, 0.05) is 30.3 Å². The van der Waals surface area contributed by atoms with Crippen LogP contribution in [-0.2, 0) is 4.74 Å². The lowest BCUT2D eigenvalue weighted by Gasteiger charge is -2.20. The van der Waals surface area contributed by atoms with E-state index in [1.807, 2.05) is 23.1 Å². The zero-order valence-corrected chi connectivity index (χ0v) is 12.7. The second-order valence-corrected chi connectivity index (χ2v) is 5.94. The molecule has 4 nitrogen and oxygen atoms in total. The molecule has 0 bridgehead atoms. The van der Waals surface area contributed by atoms with Crippen LogP contribution < -0.4 is 0 Å². The molecule has 112 valence electrons. The molecule has 2 aromatic heterocycles. The minimum absolute atomic E-state index is 0.458. The Hall–Kier alpha value is -2.20. The molecule has 1 aliphatic heterocycles. The second-order valence-electron chi connectivity index (χ2n) is 5.94. The zero-order valence-electron chi connectivity index (χ0n) is 12.7. The molecule has 4 heteroatoms. The van der Waals surface area contributed by atoms with Crippen molar-refractivity contribution < 1.29 is 4.74 Å². The molecule has 1 fully saturated rings. The minimum atomic E-state index is 0.458. The first-order valence-corrected chi connectivity index (χ1v) is 7.80. The van der Waals surface area contributed by atoms with Gasteiger partial charge in [0.1, 0.15) is 0 Å². The van der Waals surface area contributed by atoms with E-state index in [2.05, 4.69) is 41.4 Å². The predicted molar refractivity (Wildman–Crippen MR) is 86.4 cm³/mol. The molecule has 3 aromatic rings. The molecule has 22 heavy (non-hydrogen) atoms. The van der Waals surface area contributed by atoms with E-state index in [0.29, 0.717) is 5.92 Å². The molecule has 0 radical (unpaired) electrons. The number of hydrogen-bond donors (Lipinski definition) is 0. The highest BCUT2D eigenvalue weighted by Crippen LogP contribution is 2.27.